The molecule has 78 valence electrons. The van der Waals surface area contributed by atoms with Crippen LogP contribution in [0.4, 0.5) is 0 Å². The van der Waals surface area contributed by atoms with E-state index in [0.717, 1.165) is 20.2 Å². The minimum atomic E-state index is -0.513. The number of hydrogen-bond donors (Lipinski definition) is 2. The summed E-state index contributed by atoms with van der Waals surface area (Å²) in [6.45, 7) is 0. The molecule has 6 heteroatoms. The van der Waals surface area contributed by atoms with Crippen LogP contribution in [0.2, 0.25) is 0 Å². The standard InChI is InChI=1S/C9H8BI2N2O/c11-9-6(3-4-13)1-2-7-5-14-12-10(15)8(7)9/h1-2,4-5,13,15H,3H2/q-1. The Bertz CT molecular complexity index is 436. The van der Waals surface area contributed by atoms with Gasteiger partial charge in [0.2, 0.25) is 0 Å². The number of benzene rings is 1. The first-order valence-corrected chi connectivity index (χ1v) is 7.67. The molecule has 15 heavy (non-hydrogen) atoms. The number of hydrogen-bond acceptors (Lipinski definition) is 3. The molecule has 0 bridgehead atoms. The minimum absolute atomic E-state index is 0.388. The Morgan fingerprint density at radius 3 is 3.13 bits per heavy atom. The van der Waals surface area contributed by atoms with Gasteiger partial charge in [0.25, 0.3) is 0 Å². The molecule has 0 saturated carbocycles. The number of nitrogens with one attached hydrogen (secondary N) is 1. The first-order valence-electron chi connectivity index (χ1n) is 4.38. The summed E-state index contributed by atoms with van der Waals surface area (Å²) in [5, 5.41) is 17.0. The predicted molar refractivity (Wildman–Crippen MR) is 66.8 cm³/mol. The van der Waals surface area contributed by atoms with E-state index in [1.54, 1.807) is 0 Å². The third-order valence-corrected chi connectivity index (χ3v) is 5.21. The SMILES string of the molecule is N=CCc1ccc2c(c1I)B(O)[I-]N=C2. The van der Waals surface area contributed by atoms with E-state index < -0.39 is 21.3 Å². The van der Waals surface area contributed by atoms with Crippen molar-refractivity contribution in [2.75, 3.05) is 0 Å². The van der Waals surface area contributed by atoms with E-state index >= 15 is 0 Å². The molecular formula is C9H8BI2N2O-. The van der Waals surface area contributed by atoms with E-state index in [4.69, 9.17) is 5.41 Å². The molecule has 0 aliphatic carbocycles. The van der Waals surface area contributed by atoms with Crippen molar-refractivity contribution in [2.45, 2.75) is 6.42 Å². The van der Waals surface area contributed by atoms with Crippen molar-refractivity contribution in [1.82, 2.24) is 0 Å². The molecule has 1 aromatic carbocycles. The average molecular weight is 425 g/mol. The van der Waals surface area contributed by atoms with Crippen molar-refractivity contribution >= 4 is 45.3 Å². The second kappa shape index (κ2) is 4.92. The van der Waals surface area contributed by atoms with E-state index in [0.29, 0.717) is 6.42 Å². The fourth-order valence-electron chi connectivity index (χ4n) is 1.46. The number of halogens is 2. The average Bonchev–Trinajstić information content (AvgIpc) is 2.22. The van der Waals surface area contributed by atoms with Crippen LogP contribution < -0.4 is 26.7 Å². The van der Waals surface area contributed by atoms with Crippen LogP contribution in [-0.4, -0.2) is 22.2 Å². The third-order valence-electron chi connectivity index (χ3n) is 2.19. The van der Waals surface area contributed by atoms with Gasteiger partial charge in [0, 0.05) is 0 Å². The molecule has 0 aromatic heterocycles. The fraction of sp³-hybridized carbons (Fsp3) is 0.111. The number of nitrogens with zero attached hydrogens (tertiary/aromatic N) is 1. The zero-order chi connectivity index (χ0) is 10.8. The van der Waals surface area contributed by atoms with Gasteiger partial charge in [-0.05, 0) is 0 Å². The summed E-state index contributed by atoms with van der Waals surface area (Å²) in [7, 11) is 0. The molecule has 0 spiro atoms. The van der Waals surface area contributed by atoms with Gasteiger partial charge in [0.15, 0.2) is 0 Å². The van der Waals surface area contributed by atoms with Crippen LogP contribution in [0.1, 0.15) is 11.1 Å². The number of rotatable bonds is 2. The second-order valence-corrected chi connectivity index (χ2v) is 6.48. The van der Waals surface area contributed by atoms with Gasteiger partial charge in [0.1, 0.15) is 0 Å². The topological polar surface area (TPSA) is 56.4 Å². The quantitative estimate of drug-likeness (QED) is 0.311. The van der Waals surface area contributed by atoms with Crippen LogP contribution in [0.25, 0.3) is 0 Å². The third kappa shape index (κ3) is 2.26. The predicted octanol–water partition coefficient (Wildman–Crippen LogP) is -2.39. The van der Waals surface area contributed by atoms with Gasteiger partial charge in [-0.1, -0.05) is 0 Å². The Hall–Kier alpha value is 0.0449. The summed E-state index contributed by atoms with van der Waals surface area (Å²) in [5.74, 6) is 0. The maximum atomic E-state index is 9.91. The maximum absolute atomic E-state index is 9.91. The molecule has 0 fully saturated rings. The van der Waals surface area contributed by atoms with Gasteiger partial charge in [-0.25, -0.2) is 0 Å². The Kier molecular flexibility index (Phi) is 3.78. The van der Waals surface area contributed by atoms with E-state index in [1.807, 2.05) is 18.3 Å². The van der Waals surface area contributed by atoms with Crippen molar-refractivity contribution in [3.63, 3.8) is 0 Å². The molecular weight excluding hydrogens is 417 g/mol. The van der Waals surface area contributed by atoms with Crippen molar-refractivity contribution in [3.05, 3.63) is 26.8 Å². The number of fused-ring (bicyclic) bond motifs is 1. The van der Waals surface area contributed by atoms with Gasteiger partial charge in [-0.15, -0.1) is 0 Å². The van der Waals surface area contributed by atoms with Gasteiger partial charge < -0.3 is 0 Å². The molecule has 1 aromatic rings. The van der Waals surface area contributed by atoms with Crippen molar-refractivity contribution in [2.24, 2.45) is 3.21 Å². The van der Waals surface area contributed by atoms with Gasteiger partial charge in [-0.2, -0.15) is 0 Å². The monoisotopic (exact) mass is 425 g/mol. The molecule has 0 radical (unpaired) electrons. The van der Waals surface area contributed by atoms with Crippen molar-refractivity contribution in [1.29, 1.82) is 5.41 Å². The summed E-state index contributed by atoms with van der Waals surface area (Å²) in [6, 6.07) is 3.99. The van der Waals surface area contributed by atoms with Gasteiger partial charge in [-0.3, -0.25) is 0 Å². The Balaban J connectivity index is 2.55. The zero-order valence-corrected chi connectivity index (χ0v) is 12.1. The molecule has 0 amide bonds. The van der Waals surface area contributed by atoms with E-state index in [2.05, 4.69) is 25.8 Å². The molecule has 3 nitrogen and oxygen atoms in total. The van der Waals surface area contributed by atoms with Crippen LogP contribution in [0.15, 0.2) is 15.3 Å². The van der Waals surface area contributed by atoms with E-state index in [-0.39, 0.29) is 4.77 Å². The molecule has 1 heterocycles. The van der Waals surface area contributed by atoms with Crippen LogP contribution in [0, 0.1) is 8.98 Å². The second-order valence-electron chi connectivity index (χ2n) is 3.11. The summed E-state index contributed by atoms with van der Waals surface area (Å²) in [4.78, 5) is 0. The molecule has 2 rings (SSSR count). The van der Waals surface area contributed by atoms with Crippen LogP contribution in [0.5, 0.6) is 0 Å². The molecule has 1 aliphatic heterocycles. The summed E-state index contributed by atoms with van der Waals surface area (Å²) >= 11 is 1.74. The van der Waals surface area contributed by atoms with E-state index in [9.17, 15) is 5.02 Å². The Morgan fingerprint density at radius 1 is 1.60 bits per heavy atom. The van der Waals surface area contributed by atoms with E-state index in [1.165, 1.54) is 6.21 Å². The Labute approximate surface area is 112 Å². The van der Waals surface area contributed by atoms with Crippen molar-refractivity contribution < 1.29 is 26.3 Å². The molecule has 1 aliphatic rings. The molecule has 0 saturated heterocycles. The normalized spacial score (nSPS) is 14.4. The van der Waals surface area contributed by atoms with Gasteiger partial charge >= 0.3 is 113 Å². The molecule has 0 atom stereocenters. The first-order chi connectivity index (χ1) is 7.24. The molecule has 0 unspecified atom stereocenters. The zero-order valence-electron chi connectivity index (χ0n) is 7.74. The van der Waals surface area contributed by atoms with Gasteiger partial charge in [0.05, 0.1) is 0 Å². The fourth-order valence-corrected chi connectivity index (χ4v) is 4.78. The molecule has 2 N–H and O–H groups in total. The van der Waals surface area contributed by atoms with Crippen LogP contribution in [-0.2, 0) is 6.42 Å². The summed E-state index contributed by atoms with van der Waals surface area (Å²) in [5.41, 5.74) is 3.15. The van der Waals surface area contributed by atoms with Crippen LogP contribution >= 0.6 is 22.6 Å². The first kappa shape index (κ1) is 11.5. The summed E-state index contributed by atoms with van der Waals surface area (Å²) in [6.07, 6.45) is 3.88. The Morgan fingerprint density at radius 2 is 2.40 bits per heavy atom. The van der Waals surface area contributed by atoms with Crippen molar-refractivity contribution in [3.8, 4) is 0 Å². The summed E-state index contributed by atoms with van der Waals surface area (Å²) < 4.78 is 4.91. The van der Waals surface area contributed by atoms with Crippen LogP contribution in [0.3, 0.4) is 0 Å².